The molecule has 0 aliphatic carbocycles. The van der Waals surface area contributed by atoms with Gasteiger partial charge in [0.2, 0.25) is 0 Å². The van der Waals surface area contributed by atoms with E-state index in [1.54, 1.807) is 0 Å². The second-order valence-corrected chi connectivity index (χ2v) is 3.30. The number of phosphoric ester groups is 1. The van der Waals surface area contributed by atoms with Gasteiger partial charge in [0.1, 0.15) is 0 Å². The summed E-state index contributed by atoms with van der Waals surface area (Å²) in [5, 5.41) is 0. The zero-order valence-corrected chi connectivity index (χ0v) is 6.40. The van der Waals surface area contributed by atoms with E-state index in [0.29, 0.717) is 0 Å². The molecule has 11 heavy (non-hydrogen) atoms. The summed E-state index contributed by atoms with van der Waals surface area (Å²) in [5.41, 5.74) is 7.55. The van der Waals surface area contributed by atoms with E-state index in [-0.39, 0.29) is 6.61 Å². The lowest BCUT2D eigenvalue weighted by atomic mass is 10.3. The molecule has 0 aromatic heterocycles. The van der Waals surface area contributed by atoms with Gasteiger partial charge in [-0.15, -0.1) is 0 Å². The van der Waals surface area contributed by atoms with Crippen LogP contribution in [0.15, 0.2) is 0 Å². The molecule has 0 spiro atoms. The highest BCUT2D eigenvalue weighted by Crippen LogP contribution is 2.37. The highest BCUT2D eigenvalue weighted by molar-refractivity contribution is 7.46. The van der Waals surface area contributed by atoms with Crippen molar-refractivity contribution in [2.45, 2.75) is 12.3 Å². The normalized spacial score (nSPS) is 32.6. The summed E-state index contributed by atoms with van der Waals surface area (Å²) >= 11 is 0. The van der Waals surface area contributed by atoms with E-state index in [9.17, 15) is 4.57 Å². The molecule has 8 heteroatoms. The predicted molar refractivity (Wildman–Crippen MR) is 34.0 cm³/mol. The van der Waals surface area contributed by atoms with Crippen molar-refractivity contribution in [3.63, 3.8) is 0 Å². The van der Waals surface area contributed by atoms with E-state index >= 15 is 0 Å². The van der Waals surface area contributed by atoms with Crippen LogP contribution in [-0.4, -0.2) is 28.7 Å². The average Bonchev–Trinajstić information content (AvgIpc) is 2.12. The fourth-order valence-electron chi connectivity index (χ4n) is 0.649. The van der Waals surface area contributed by atoms with E-state index < -0.39 is 20.1 Å². The van der Waals surface area contributed by atoms with E-state index in [4.69, 9.17) is 15.5 Å². The summed E-state index contributed by atoms with van der Waals surface area (Å²) in [6.45, 7) is 0.171. The monoisotopic (exact) mass is 184 g/mol. The number of hydrogen-bond acceptors (Lipinski definition) is 5. The molecule has 0 unspecified atom stereocenters. The van der Waals surface area contributed by atoms with Gasteiger partial charge >= 0.3 is 7.82 Å². The van der Waals surface area contributed by atoms with Crippen LogP contribution in [0.4, 0.5) is 0 Å². The van der Waals surface area contributed by atoms with Gasteiger partial charge in [0.25, 0.3) is 0 Å². The Balaban J connectivity index is 2.43. The van der Waals surface area contributed by atoms with E-state index in [0.717, 1.165) is 0 Å². The first-order valence-corrected chi connectivity index (χ1v) is 4.39. The third kappa shape index (κ3) is 2.84. The van der Waals surface area contributed by atoms with Crippen LogP contribution < -0.4 is 11.2 Å². The lowest BCUT2D eigenvalue weighted by Gasteiger charge is -2.13. The van der Waals surface area contributed by atoms with Crippen molar-refractivity contribution in [2.24, 2.45) is 5.73 Å². The van der Waals surface area contributed by atoms with E-state index in [1.165, 1.54) is 0 Å². The lowest BCUT2D eigenvalue weighted by Crippen LogP contribution is -2.38. The Bertz CT molecular complexity index is 181. The standard InChI is InChI=1S/C3H9N2O5P/c4-2-1-9-5-3(2)10-11(6,7)8/h2-3,5H,1,4H2,(H2,6,7,8)/t2-,3-/m1/s1. The molecular weight excluding hydrogens is 175 g/mol. The second kappa shape index (κ2) is 3.16. The van der Waals surface area contributed by atoms with E-state index in [1.807, 2.05) is 0 Å². The molecule has 2 atom stereocenters. The van der Waals surface area contributed by atoms with Crippen LogP contribution in [0, 0.1) is 0 Å². The van der Waals surface area contributed by atoms with Crippen LogP contribution in [-0.2, 0) is 13.9 Å². The SMILES string of the molecule is N[C@@H]1CON[C@@H]1OP(=O)(O)O. The Morgan fingerprint density at radius 1 is 1.73 bits per heavy atom. The number of hydroxylamine groups is 1. The zero-order chi connectivity index (χ0) is 8.48. The van der Waals surface area contributed by atoms with Gasteiger partial charge in [-0.3, -0.25) is 9.36 Å². The first kappa shape index (κ1) is 9.08. The smallest absolute Gasteiger partial charge is 0.322 e. The Hall–Kier alpha value is -0.0100. The summed E-state index contributed by atoms with van der Waals surface area (Å²) in [6, 6.07) is -0.553. The minimum absolute atomic E-state index is 0.171. The molecule has 7 nitrogen and oxygen atoms in total. The third-order valence-electron chi connectivity index (χ3n) is 1.12. The zero-order valence-electron chi connectivity index (χ0n) is 5.51. The molecule has 0 bridgehead atoms. The lowest BCUT2D eigenvalue weighted by molar-refractivity contribution is 0.0218. The van der Waals surface area contributed by atoms with Crippen molar-refractivity contribution in [3.8, 4) is 0 Å². The molecule has 1 aliphatic heterocycles. The summed E-state index contributed by atoms with van der Waals surface area (Å²) in [7, 11) is -4.47. The first-order valence-electron chi connectivity index (χ1n) is 2.86. The number of hydrogen-bond donors (Lipinski definition) is 4. The van der Waals surface area contributed by atoms with Crippen LogP contribution in [0.5, 0.6) is 0 Å². The molecule has 1 aliphatic rings. The van der Waals surface area contributed by atoms with Gasteiger partial charge in [-0.25, -0.2) is 4.57 Å². The number of phosphoric acid groups is 1. The highest BCUT2D eigenvalue weighted by Gasteiger charge is 2.31. The minimum Gasteiger partial charge on any atom is -0.322 e. The molecule has 1 saturated heterocycles. The van der Waals surface area contributed by atoms with Gasteiger partial charge in [-0.05, 0) is 0 Å². The van der Waals surface area contributed by atoms with Crippen molar-refractivity contribution >= 4 is 7.82 Å². The predicted octanol–water partition coefficient (Wildman–Crippen LogP) is -1.72. The van der Waals surface area contributed by atoms with Crippen LogP contribution in [0.25, 0.3) is 0 Å². The Labute approximate surface area is 62.7 Å². The summed E-state index contributed by atoms with van der Waals surface area (Å²) in [6.07, 6.45) is -0.934. The molecule has 0 saturated carbocycles. The van der Waals surface area contributed by atoms with Crippen molar-refractivity contribution in [1.29, 1.82) is 0 Å². The molecule has 1 rings (SSSR count). The van der Waals surface area contributed by atoms with Crippen molar-refractivity contribution in [2.75, 3.05) is 6.61 Å². The first-order chi connectivity index (χ1) is 4.99. The quantitative estimate of drug-likeness (QED) is 0.377. The molecule has 1 fully saturated rings. The van der Waals surface area contributed by atoms with Gasteiger partial charge in [0.15, 0.2) is 6.23 Å². The minimum atomic E-state index is -4.47. The van der Waals surface area contributed by atoms with Crippen molar-refractivity contribution in [3.05, 3.63) is 0 Å². The summed E-state index contributed by atoms with van der Waals surface area (Å²) in [5.74, 6) is 0. The summed E-state index contributed by atoms with van der Waals surface area (Å²) in [4.78, 5) is 21.2. The van der Waals surface area contributed by atoms with Gasteiger partial charge < -0.3 is 15.5 Å². The molecule has 5 N–H and O–H groups in total. The van der Waals surface area contributed by atoms with Gasteiger partial charge in [0.05, 0.1) is 12.6 Å². The molecule has 0 amide bonds. The largest absolute Gasteiger partial charge is 0.471 e. The Morgan fingerprint density at radius 3 is 2.73 bits per heavy atom. The molecule has 1 heterocycles. The molecular formula is C3H9N2O5P. The number of nitrogens with one attached hydrogen (secondary N) is 1. The van der Waals surface area contributed by atoms with Gasteiger partial charge in [-0.2, -0.15) is 5.48 Å². The maximum atomic E-state index is 10.3. The van der Waals surface area contributed by atoms with Gasteiger partial charge in [-0.1, -0.05) is 0 Å². The Kier molecular flexibility index (Phi) is 2.61. The fraction of sp³-hybridized carbons (Fsp3) is 1.00. The highest BCUT2D eigenvalue weighted by atomic mass is 31.2. The maximum absolute atomic E-state index is 10.3. The van der Waals surface area contributed by atoms with Crippen molar-refractivity contribution in [1.82, 2.24) is 5.48 Å². The number of rotatable bonds is 2. The fourth-order valence-corrected chi connectivity index (χ4v) is 1.14. The molecule has 0 radical (unpaired) electrons. The van der Waals surface area contributed by atoms with E-state index in [2.05, 4.69) is 14.8 Å². The van der Waals surface area contributed by atoms with Crippen LogP contribution in [0.2, 0.25) is 0 Å². The molecule has 0 aromatic rings. The molecule has 66 valence electrons. The summed E-state index contributed by atoms with van der Waals surface area (Å²) < 4.78 is 14.5. The number of nitrogens with two attached hydrogens (primary N) is 1. The molecule has 0 aromatic carbocycles. The second-order valence-electron chi connectivity index (χ2n) is 2.11. The maximum Gasteiger partial charge on any atom is 0.471 e. The van der Waals surface area contributed by atoms with Crippen LogP contribution in [0.3, 0.4) is 0 Å². The van der Waals surface area contributed by atoms with Gasteiger partial charge in [0, 0.05) is 0 Å². The average molecular weight is 184 g/mol. The van der Waals surface area contributed by atoms with Crippen LogP contribution in [0.1, 0.15) is 0 Å². The Morgan fingerprint density at radius 2 is 2.36 bits per heavy atom. The topological polar surface area (TPSA) is 114 Å². The van der Waals surface area contributed by atoms with Crippen molar-refractivity contribution < 1.29 is 23.7 Å². The third-order valence-corrected chi connectivity index (χ3v) is 1.62. The van der Waals surface area contributed by atoms with Crippen LogP contribution >= 0.6 is 7.82 Å².